The van der Waals surface area contributed by atoms with Crippen LogP contribution in [0.2, 0.25) is 0 Å². The first-order valence-corrected chi connectivity index (χ1v) is 10.3. The molecule has 2 aromatic rings. The zero-order valence-electron chi connectivity index (χ0n) is 16.6. The lowest BCUT2D eigenvalue weighted by molar-refractivity contribution is 0.0592. The van der Waals surface area contributed by atoms with Crippen molar-refractivity contribution < 1.29 is 22.8 Å². The van der Waals surface area contributed by atoms with Crippen LogP contribution in [0.3, 0.4) is 0 Å². The molecule has 0 saturated carbocycles. The van der Waals surface area contributed by atoms with Gasteiger partial charge in [-0.2, -0.15) is 0 Å². The standard InChI is InChI=1S/C22H20F3N3O3/c23-12-7-14(24)13(15(25)8-12)10-26-20(30)19-16-3-5-22-4-1-2-6-27(11-22)21(31)17(28(16)22)9-18(19)29/h7-9H,1-6,10-11H2,(H,26,30). The zero-order valence-corrected chi connectivity index (χ0v) is 16.6. The average Bonchev–Trinajstić information content (AvgIpc) is 2.95. The summed E-state index contributed by atoms with van der Waals surface area (Å²) in [7, 11) is 0. The van der Waals surface area contributed by atoms with E-state index >= 15 is 0 Å². The van der Waals surface area contributed by atoms with Gasteiger partial charge in [-0.25, -0.2) is 13.2 Å². The van der Waals surface area contributed by atoms with Crippen molar-refractivity contribution in [2.24, 2.45) is 0 Å². The molecule has 0 aliphatic carbocycles. The molecule has 2 bridgehead atoms. The third-order valence-corrected chi connectivity index (χ3v) is 6.69. The van der Waals surface area contributed by atoms with E-state index in [-0.39, 0.29) is 17.0 Å². The molecular formula is C22H20F3N3O3. The molecule has 4 heterocycles. The van der Waals surface area contributed by atoms with Crippen molar-refractivity contribution in [1.29, 1.82) is 0 Å². The predicted octanol–water partition coefficient (Wildman–Crippen LogP) is 2.48. The molecule has 1 fully saturated rings. The van der Waals surface area contributed by atoms with Crippen molar-refractivity contribution in [2.45, 2.75) is 44.2 Å². The minimum Gasteiger partial charge on any atom is -0.348 e. The Hall–Kier alpha value is -3.10. The topological polar surface area (TPSA) is 71.4 Å². The first kappa shape index (κ1) is 19.8. The molecule has 31 heavy (non-hydrogen) atoms. The first-order chi connectivity index (χ1) is 14.8. The van der Waals surface area contributed by atoms with Gasteiger partial charge in [0.2, 0.25) is 0 Å². The minimum atomic E-state index is -1.12. The third kappa shape index (κ3) is 2.97. The van der Waals surface area contributed by atoms with Crippen LogP contribution in [0.1, 0.15) is 57.8 Å². The lowest BCUT2D eigenvalue weighted by Gasteiger charge is -2.41. The molecule has 162 valence electrons. The van der Waals surface area contributed by atoms with Gasteiger partial charge in [0, 0.05) is 49.1 Å². The van der Waals surface area contributed by atoms with Gasteiger partial charge in [0.1, 0.15) is 28.7 Å². The van der Waals surface area contributed by atoms with Gasteiger partial charge in [-0.05, 0) is 32.1 Å². The second-order valence-electron chi connectivity index (χ2n) is 8.49. The van der Waals surface area contributed by atoms with Crippen LogP contribution in [-0.2, 0) is 18.5 Å². The van der Waals surface area contributed by atoms with Crippen LogP contribution in [0.15, 0.2) is 23.0 Å². The highest BCUT2D eigenvalue weighted by Gasteiger charge is 2.48. The molecule has 1 saturated heterocycles. The van der Waals surface area contributed by atoms with Gasteiger partial charge in [0.25, 0.3) is 11.8 Å². The summed E-state index contributed by atoms with van der Waals surface area (Å²) in [4.78, 5) is 40.4. The normalized spacial score (nSPS) is 21.6. The summed E-state index contributed by atoms with van der Waals surface area (Å²) < 4.78 is 42.8. The Balaban J connectivity index is 1.53. The molecule has 6 nitrogen and oxygen atoms in total. The number of carbonyl (C=O) groups excluding carboxylic acids is 2. The molecule has 1 unspecified atom stereocenters. The summed E-state index contributed by atoms with van der Waals surface area (Å²) in [6, 6.07) is 2.27. The van der Waals surface area contributed by atoms with Crippen molar-refractivity contribution in [2.75, 3.05) is 13.1 Å². The number of rotatable bonds is 3. The average molecular weight is 431 g/mol. The molecule has 1 atom stereocenters. The van der Waals surface area contributed by atoms with Crippen LogP contribution in [0.4, 0.5) is 13.2 Å². The van der Waals surface area contributed by atoms with Crippen LogP contribution in [0, 0.1) is 17.5 Å². The highest BCUT2D eigenvalue weighted by atomic mass is 19.1. The van der Waals surface area contributed by atoms with Crippen LogP contribution in [0.5, 0.6) is 0 Å². The molecule has 1 N–H and O–H groups in total. The van der Waals surface area contributed by atoms with Gasteiger partial charge < -0.3 is 14.8 Å². The Bertz CT molecular complexity index is 1170. The molecule has 1 spiro atoms. The van der Waals surface area contributed by atoms with Crippen LogP contribution in [-0.4, -0.2) is 34.4 Å². The van der Waals surface area contributed by atoms with Gasteiger partial charge in [0.05, 0.1) is 5.54 Å². The largest absolute Gasteiger partial charge is 0.348 e. The van der Waals surface area contributed by atoms with E-state index in [1.165, 1.54) is 6.07 Å². The Labute approximate surface area is 175 Å². The number of aromatic nitrogens is 1. The lowest BCUT2D eigenvalue weighted by atomic mass is 9.89. The van der Waals surface area contributed by atoms with E-state index in [1.807, 2.05) is 4.57 Å². The second-order valence-corrected chi connectivity index (χ2v) is 8.49. The number of halogens is 3. The van der Waals surface area contributed by atoms with Gasteiger partial charge in [-0.15, -0.1) is 0 Å². The van der Waals surface area contributed by atoms with Crippen LogP contribution >= 0.6 is 0 Å². The summed E-state index contributed by atoms with van der Waals surface area (Å²) >= 11 is 0. The van der Waals surface area contributed by atoms with Crippen molar-refractivity contribution in [3.05, 3.63) is 68.4 Å². The highest BCUT2D eigenvalue weighted by molar-refractivity contribution is 5.98. The molecule has 0 radical (unpaired) electrons. The number of hydrogen-bond acceptors (Lipinski definition) is 3. The molecule has 1 aromatic heterocycles. The van der Waals surface area contributed by atoms with E-state index in [2.05, 4.69) is 5.32 Å². The number of fused-ring (bicyclic) bond motifs is 1. The van der Waals surface area contributed by atoms with Gasteiger partial charge in [0.15, 0.2) is 5.43 Å². The monoisotopic (exact) mass is 431 g/mol. The number of amides is 2. The molecule has 5 rings (SSSR count). The Morgan fingerprint density at radius 2 is 1.81 bits per heavy atom. The first-order valence-electron chi connectivity index (χ1n) is 10.3. The number of hydrogen-bond donors (Lipinski definition) is 1. The van der Waals surface area contributed by atoms with Crippen molar-refractivity contribution >= 4 is 11.8 Å². The summed E-state index contributed by atoms with van der Waals surface area (Å²) in [5, 5.41) is 2.38. The van der Waals surface area contributed by atoms with Gasteiger partial charge in [-0.3, -0.25) is 14.4 Å². The molecule has 1 aromatic carbocycles. The fourth-order valence-electron chi connectivity index (χ4n) is 5.29. The van der Waals surface area contributed by atoms with Crippen LogP contribution in [0.25, 0.3) is 0 Å². The van der Waals surface area contributed by atoms with E-state index in [4.69, 9.17) is 0 Å². The maximum absolute atomic E-state index is 13.9. The fraction of sp³-hybridized carbons (Fsp3) is 0.409. The van der Waals surface area contributed by atoms with Crippen molar-refractivity contribution in [3.63, 3.8) is 0 Å². The SMILES string of the molecule is O=C(NCc1c(F)cc(F)cc1F)c1c2n3c(cc1=O)C(=O)N1CCCCC3(CC2)C1. The Morgan fingerprint density at radius 1 is 1.06 bits per heavy atom. The minimum absolute atomic E-state index is 0.103. The maximum Gasteiger partial charge on any atom is 0.270 e. The Kier molecular flexibility index (Phi) is 4.46. The smallest absolute Gasteiger partial charge is 0.270 e. The third-order valence-electron chi connectivity index (χ3n) is 6.69. The number of pyridine rings is 1. The molecule has 2 amide bonds. The maximum atomic E-state index is 13.9. The summed E-state index contributed by atoms with van der Waals surface area (Å²) in [6.45, 7) is 0.679. The van der Waals surface area contributed by atoms with Gasteiger partial charge in [-0.1, -0.05) is 0 Å². The summed E-state index contributed by atoms with van der Waals surface area (Å²) in [5.41, 5.74) is -0.714. The quantitative estimate of drug-likeness (QED) is 0.812. The van der Waals surface area contributed by atoms with E-state index in [9.17, 15) is 27.6 Å². The summed E-state index contributed by atoms with van der Waals surface area (Å²) in [6.07, 6.45) is 3.87. The summed E-state index contributed by atoms with van der Waals surface area (Å²) in [5.74, 6) is -4.27. The van der Waals surface area contributed by atoms with E-state index < -0.39 is 40.9 Å². The Morgan fingerprint density at radius 3 is 2.55 bits per heavy atom. The molecule has 3 aliphatic heterocycles. The van der Waals surface area contributed by atoms with Crippen molar-refractivity contribution in [3.8, 4) is 0 Å². The molecular weight excluding hydrogens is 411 g/mol. The number of carbonyl (C=O) groups is 2. The van der Waals surface area contributed by atoms with E-state index in [0.29, 0.717) is 49.5 Å². The lowest BCUT2D eigenvalue weighted by Crippen LogP contribution is -2.52. The van der Waals surface area contributed by atoms with Crippen LogP contribution < -0.4 is 10.7 Å². The second kappa shape index (κ2) is 6.96. The van der Waals surface area contributed by atoms with E-state index in [1.54, 1.807) is 4.90 Å². The number of benzene rings is 1. The van der Waals surface area contributed by atoms with Crippen molar-refractivity contribution in [1.82, 2.24) is 14.8 Å². The predicted molar refractivity (Wildman–Crippen MR) is 104 cm³/mol. The molecule has 3 aliphatic rings. The number of nitrogens with one attached hydrogen (secondary N) is 1. The fourth-order valence-corrected chi connectivity index (χ4v) is 5.29. The zero-order chi connectivity index (χ0) is 21.9. The molecule has 9 heteroatoms. The van der Waals surface area contributed by atoms with E-state index in [0.717, 1.165) is 19.3 Å². The van der Waals surface area contributed by atoms with Gasteiger partial charge >= 0.3 is 0 Å². The number of nitrogens with zero attached hydrogens (tertiary/aromatic N) is 2. The highest BCUT2D eigenvalue weighted by Crippen LogP contribution is 2.43.